The number of nitrogens with zero attached hydrogens (tertiary/aromatic N) is 5. The maximum Gasteiger partial charge on any atom is 0.123 e. The second kappa shape index (κ2) is 5.81. The van der Waals surface area contributed by atoms with E-state index in [2.05, 4.69) is 39.1 Å². The van der Waals surface area contributed by atoms with Crippen molar-refractivity contribution < 1.29 is 0 Å². The van der Waals surface area contributed by atoms with Crippen LogP contribution in [0.25, 0.3) is 5.69 Å². The largest absolute Gasteiger partial charge is 0.368 e. The SMILES string of the molecule is CCN1CCN(c2ccc(-n3cnnc3)cc2Cl)CC1. The second-order valence-corrected chi connectivity index (χ2v) is 5.33. The van der Waals surface area contributed by atoms with Crippen molar-refractivity contribution in [2.75, 3.05) is 37.6 Å². The lowest BCUT2D eigenvalue weighted by molar-refractivity contribution is 0.271. The van der Waals surface area contributed by atoms with Gasteiger partial charge in [-0.2, -0.15) is 0 Å². The molecule has 0 radical (unpaired) electrons. The maximum absolute atomic E-state index is 6.44. The minimum absolute atomic E-state index is 0.779. The van der Waals surface area contributed by atoms with Crippen LogP contribution in [-0.2, 0) is 0 Å². The van der Waals surface area contributed by atoms with Crippen molar-refractivity contribution in [2.24, 2.45) is 0 Å². The van der Waals surface area contributed by atoms with E-state index in [-0.39, 0.29) is 0 Å². The molecule has 3 rings (SSSR count). The highest BCUT2D eigenvalue weighted by molar-refractivity contribution is 6.33. The zero-order valence-electron chi connectivity index (χ0n) is 11.5. The van der Waals surface area contributed by atoms with Crippen LogP contribution >= 0.6 is 11.6 Å². The minimum Gasteiger partial charge on any atom is -0.368 e. The summed E-state index contributed by atoms with van der Waals surface area (Å²) in [6.45, 7) is 7.57. The van der Waals surface area contributed by atoms with Crippen LogP contribution in [-0.4, -0.2) is 52.4 Å². The summed E-state index contributed by atoms with van der Waals surface area (Å²) in [4.78, 5) is 4.81. The van der Waals surface area contributed by atoms with E-state index in [1.54, 1.807) is 12.7 Å². The number of likely N-dealkylation sites (N-methyl/N-ethyl adjacent to an activating group) is 1. The molecule has 0 unspecified atom stereocenters. The van der Waals surface area contributed by atoms with E-state index < -0.39 is 0 Å². The lowest BCUT2D eigenvalue weighted by Gasteiger charge is -2.36. The Labute approximate surface area is 123 Å². The lowest BCUT2D eigenvalue weighted by atomic mass is 10.2. The van der Waals surface area contributed by atoms with Crippen LogP contribution in [0.2, 0.25) is 5.02 Å². The van der Waals surface area contributed by atoms with Gasteiger partial charge in [-0.05, 0) is 24.7 Å². The molecule has 0 atom stereocenters. The van der Waals surface area contributed by atoms with Crippen molar-refractivity contribution in [2.45, 2.75) is 6.92 Å². The number of aromatic nitrogens is 3. The summed E-state index contributed by atoms with van der Waals surface area (Å²) >= 11 is 6.44. The van der Waals surface area contributed by atoms with Crippen LogP contribution in [0.15, 0.2) is 30.9 Å². The number of hydrogen-bond acceptors (Lipinski definition) is 4. The van der Waals surface area contributed by atoms with Crippen LogP contribution in [0.5, 0.6) is 0 Å². The van der Waals surface area contributed by atoms with Gasteiger partial charge < -0.3 is 9.80 Å². The average Bonchev–Trinajstić information content (AvgIpc) is 3.01. The Bertz CT molecular complexity index is 561. The van der Waals surface area contributed by atoms with E-state index in [4.69, 9.17) is 11.6 Å². The molecule has 2 heterocycles. The van der Waals surface area contributed by atoms with E-state index in [0.717, 1.165) is 49.1 Å². The number of benzene rings is 1. The van der Waals surface area contributed by atoms with Gasteiger partial charge in [0.25, 0.3) is 0 Å². The molecule has 0 amide bonds. The first-order chi connectivity index (χ1) is 9.78. The number of anilines is 1. The Balaban J connectivity index is 1.78. The molecule has 1 aliphatic heterocycles. The van der Waals surface area contributed by atoms with E-state index in [1.165, 1.54) is 0 Å². The number of rotatable bonds is 3. The van der Waals surface area contributed by atoms with Gasteiger partial charge in [-0.1, -0.05) is 18.5 Å². The molecule has 0 aliphatic carbocycles. The van der Waals surface area contributed by atoms with E-state index in [9.17, 15) is 0 Å². The highest BCUT2D eigenvalue weighted by atomic mass is 35.5. The van der Waals surface area contributed by atoms with Gasteiger partial charge in [0.05, 0.1) is 10.7 Å². The molecule has 6 heteroatoms. The Morgan fingerprint density at radius 2 is 1.80 bits per heavy atom. The Kier molecular flexibility index (Phi) is 3.89. The summed E-state index contributed by atoms with van der Waals surface area (Å²) in [5, 5.41) is 8.40. The topological polar surface area (TPSA) is 37.2 Å². The number of piperazine rings is 1. The Hall–Kier alpha value is -1.59. The van der Waals surface area contributed by atoms with Gasteiger partial charge >= 0.3 is 0 Å². The fourth-order valence-electron chi connectivity index (χ4n) is 2.55. The highest BCUT2D eigenvalue weighted by Gasteiger charge is 2.18. The predicted molar refractivity (Wildman–Crippen MR) is 80.7 cm³/mol. The third-order valence-corrected chi connectivity index (χ3v) is 4.11. The predicted octanol–water partition coefficient (Wildman–Crippen LogP) is 2.06. The van der Waals surface area contributed by atoms with Gasteiger partial charge in [0.15, 0.2) is 0 Å². The van der Waals surface area contributed by atoms with Gasteiger partial charge in [-0.3, -0.25) is 4.57 Å². The van der Waals surface area contributed by atoms with Crippen LogP contribution in [0.3, 0.4) is 0 Å². The average molecular weight is 292 g/mol. The van der Waals surface area contributed by atoms with Crippen molar-refractivity contribution in [1.29, 1.82) is 0 Å². The fourth-order valence-corrected chi connectivity index (χ4v) is 2.85. The van der Waals surface area contributed by atoms with E-state index >= 15 is 0 Å². The summed E-state index contributed by atoms with van der Waals surface area (Å²) in [7, 11) is 0. The maximum atomic E-state index is 6.44. The van der Waals surface area contributed by atoms with Gasteiger partial charge in [-0.15, -0.1) is 10.2 Å². The summed E-state index contributed by atoms with van der Waals surface area (Å²) in [6, 6.07) is 6.10. The molecule has 1 aromatic carbocycles. The zero-order valence-corrected chi connectivity index (χ0v) is 12.3. The molecule has 1 aromatic heterocycles. The third-order valence-electron chi connectivity index (χ3n) is 3.81. The van der Waals surface area contributed by atoms with Crippen molar-refractivity contribution >= 4 is 17.3 Å². The molecule has 5 nitrogen and oxygen atoms in total. The first-order valence-corrected chi connectivity index (χ1v) is 7.27. The third kappa shape index (κ3) is 2.64. The van der Waals surface area contributed by atoms with E-state index in [1.807, 2.05) is 10.6 Å². The molecular weight excluding hydrogens is 274 g/mol. The molecule has 0 bridgehead atoms. The highest BCUT2D eigenvalue weighted by Crippen LogP contribution is 2.28. The lowest BCUT2D eigenvalue weighted by Crippen LogP contribution is -2.46. The molecular formula is C14H18ClN5. The van der Waals surface area contributed by atoms with Crippen molar-refractivity contribution in [3.63, 3.8) is 0 Å². The van der Waals surface area contributed by atoms with Crippen LogP contribution in [0.1, 0.15) is 6.92 Å². The Morgan fingerprint density at radius 3 is 2.40 bits per heavy atom. The molecule has 2 aromatic rings. The summed E-state index contributed by atoms with van der Waals surface area (Å²) in [5.41, 5.74) is 2.09. The van der Waals surface area contributed by atoms with Gasteiger partial charge in [0, 0.05) is 31.9 Å². The normalized spacial score (nSPS) is 16.6. The second-order valence-electron chi connectivity index (χ2n) is 4.93. The minimum atomic E-state index is 0.779. The van der Waals surface area contributed by atoms with Crippen LogP contribution in [0.4, 0.5) is 5.69 Å². The smallest absolute Gasteiger partial charge is 0.123 e. The first-order valence-electron chi connectivity index (χ1n) is 6.90. The number of hydrogen-bond donors (Lipinski definition) is 0. The standard InChI is InChI=1S/C14H18ClN5/c1-2-18-5-7-19(8-6-18)14-4-3-12(9-13(14)15)20-10-16-17-11-20/h3-4,9-11H,2,5-8H2,1H3. The van der Waals surface area contributed by atoms with Crippen molar-refractivity contribution in [3.05, 3.63) is 35.9 Å². The van der Waals surface area contributed by atoms with Gasteiger partial charge in [-0.25, -0.2) is 0 Å². The van der Waals surface area contributed by atoms with E-state index in [0.29, 0.717) is 0 Å². The Morgan fingerprint density at radius 1 is 1.10 bits per heavy atom. The number of halogens is 1. The zero-order chi connectivity index (χ0) is 13.9. The quantitative estimate of drug-likeness (QED) is 0.867. The molecule has 0 spiro atoms. The first kappa shape index (κ1) is 13.4. The molecule has 0 saturated carbocycles. The summed E-state index contributed by atoms with van der Waals surface area (Å²) < 4.78 is 1.85. The molecule has 1 saturated heterocycles. The van der Waals surface area contributed by atoms with Gasteiger partial charge in [0.2, 0.25) is 0 Å². The molecule has 1 fully saturated rings. The molecule has 0 N–H and O–H groups in total. The monoisotopic (exact) mass is 291 g/mol. The molecule has 1 aliphatic rings. The van der Waals surface area contributed by atoms with Crippen LogP contribution < -0.4 is 4.90 Å². The summed E-state index contributed by atoms with van der Waals surface area (Å²) in [6.07, 6.45) is 3.34. The van der Waals surface area contributed by atoms with Crippen LogP contribution in [0, 0.1) is 0 Å². The fraction of sp³-hybridized carbons (Fsp3) is 0.429. The summed E-state index contributed by atoms with van der Waals surface area (Å²) in [5.74, 6) is 0. The van der Waals surface area contributed by atoms with Crippen molar-refractivity contribution in [1.82, 2.24) is 19.7 Å². The molecule has 106 valence electrons. The van der Waals surface area contributed by atoms with Crippen molar-refractivity contribution in [3.8, 4) is 5.69 Å². The van der Waals surface area contributed by atoms with Gasteiger partial charge in [0.1, 0.15) is 12.7 Å². The molecule has 20 heavy (non-hydrogen) atoms.